The van der Waals surface area contributed by atoms with E-state index < -0.39 is 17.3 Å². The Balaban J connectivity index is 2.06. The Morgan fingerprint density at radius 2 is 2.00 bits per heavy atom. The molecule has 0 radical (unpaired) electrons. The number of carboxylic acids is 1. The number of carbonyl (C=O) groups excluding carboxylic acids is 1. The van der Waals surface area contributed by atoms with Crippen LogP contribution in [0.25, 0.3) is 0 Å². The molecule has 0 aromatic heterocycles. The van der Waals surface area contributed by atoms with Crippen LogP contribution >= 0.6 is 23.2 Å². The number of hydrogen-bond acceptors (Lipinski definition) is 2. The van der Waals surface area contributed by atoms with Crippen LogP contribution in [0, 0.1) is 5.41 Å². The van der Waals surface area contributed by atoms with E-state index in [1.54, 1.807) is 18.2 Å². The number of benzene rings is 1. The minimum atomic E-state index is -0.865. The Kier molecular flexibility index (Phi) is 4.02. The zero-order chi connectivity index (χ0) is 14.0. The maximum absolute atomic E-state index is 12.0. The molecule has 102 valence electrons. The van der Waals surface area contributed by atoms with Crippen molar-refractivity contribution in [3.8, 4) is 0 Å². The first-order valence-corrected chi connectivity index (χ1v) is 6.67. The third kappa shape index (κ3) is 2.69. The van der Waals surface area contributed by atoms with Crippen molar-refractivity contribution in [3.05, 3.63) is 33.8 Å². The molecule has 0 aliphatic heterocycles. The fraction of sp³-hybridized carbons (Fsp3) is 0.385. The highest BCUT2D eigenvalue weighted by Gasteiger charge is 2.44. The zero-order valence-corrected chi connectivity index (χ0v) is 11.6. The monoisotopic (exact) mass is 301 g/mol. The van der Waals surface area contributed by atoms with E-state index in [2.05, 4.69) is 5.32 Å². The van der Waals surface area contributed by atoms with Gasteiger partial charge in [0.15, 0.2) is 0 Å². The van der Waals surface area contributed by atoms with Gasteiger partial charge in [-0.1, -0.05) is 35.7 Å². The lowest BCUT2D eigenvalue weighted by atomic mass is 9.69. The van der Waals surface area contributed by atoms with E-state index in [-0.39, 0.29) is 17.1 Å². The van der Waals surface area contributed by atoms with Crippen molar-refractivity contribution < 1.29 is 14.7 Å². The van der Waals surface area contributed by atoms with Gasteiger partial charge in [-0.25, -0.2) is 0 Å². The van der Waals surface area contributed by atoms with Crippen LogP contribution in [0.3, 0.4) is 0 Å². The lowest BCUT2D eigenvalue weighted by Gasteiger charge is -2.37. The van der Waals surface area contributed by atoms with Crippen LogP contribution in [0.15, 0.2) is 18.2 Å². The van der Waals surface area contributed by atoms with Gasteiger partial charge in [-0.05, 0) is 25.0 Å². The number of aliphatic carboxylic acids is 1. The van der Waals surface area contributed by atoms with Crippen LogP contribution in [-0.2, 0) is 4.79 Å². The Morgan fingerprint density at radius 1 is 1.32 bits per heavy atom. The summed E-state index contributed by atoms with van der Waals surface area (Å²) in [5.41, 5.74) is -0.560. The van der Waals surface area contributed by atoms with Gasteiger partial charge in [0.25, 0.3) is 5.91 Å². The van der Waals surface area contributed by atoms with Crippen molar-refractivity contribution in [1.82, 2.24) is 5.32 Å². The maximum Gasteiger partial charge on any atom is 0.311 e. The molecule has 1 saturated carbocycles. The van der Waals surface area contributed by atoms with E-state index in [0.29, 0.717) is 17.9 Å². The van der Waals surface area contributed by atoms with Gasteiger partial charge < -0.3 is 10.4 Å². The second-order valence-electron chi connectivity index (χ2n) is 4.72. The predicted octanol–water partition coefficient (Wildman–Crippen LogP) is 2.98. The quantitative estimate of drug-likeness (QED) is 0.898. The van der Waals surface area contributed by atoms with Crippen molar-refractivity contribution in [3.63, 3.8) is 0 Å². The van der Waals surface area contributed by atoms with E-state index in [4.69, 9.17) is 28.3 Å². The maximum atomic E-state index is 12.0. The minimum Gasteiger partial charge on any atom is -0.481 e. The number of carbonyl (C=O) groups is 2. The Morgan fingerprint density at radius 3 is 2.53 bits per heavy atom. The summed E-state index contributed by atoms with van der Waals surface area (Å²) >= 11 is 11.8. The van der Waals surface area contributed by atoms with Crippen molar-refractivity contribution >= 4 is 35.1 Å². The largest absolute Gasteiger partial charge is 0.481 e. The number of rotatable bonds is 4. The third-order valence-electron chi connectivity index (χ3n) is 3.55. The Bertz CT molecular complexity index is 527. The molecule has 1 fully saturated rings. The molecule has 1 aliphatic carbocycles. The Hall–Kier alpha value is -1.26. The van der Waals surface area contributed by atoms with Crippen molar-refractivity contribution in [2.24, 2.45) is 5.41 Å². The first-order chi connectivity index (χ1) is 8.96. The normalized spacial score (nSPS) is 16.5. The van der Waals surface area contributed by atoms with Crippen LogP contribution in [0.5, 0.6) is 0 Å². The highest BCUT2D eigenvalue weighted by molar-refractivity contribution is 6.43. The standard InChI is InChI=1S/C13H13Cl2NO3/c14-9-4-1-3-8(10(9)15)11(17)16-7-13(12(18)19)5-2-6-13/h1,3-4H,2,5-7H2,(H,16,17)(H,18,19). The highest BCUT2D eigenvalue weighted by atomic mass is 35.5. The average Bonchev–Trinajstić information content (AvgIpc) is 2.30. The summed E-state index contributed by atoms with van der Waals surface area (Å²) in [7, 11) is 0. The molecule has 1 aromatic rings. The number of nitrogens with one attached hydrogen (secondary N) is 1. The molecule has 4 nitrogen and oxygen atoms in total. The van der Waals surface area contributed by atoms with Crippen LogP contribution in [0.4, 0.5) is 0 Å². The molecule has 0 unspecified atom stereocenters. The molecule has 0 bridgehead atoms. The number of halogens is 2. The molecule has 19 heavy (non-hydrogen) atoms. The molecule has 1 aromatic carbocycles. The summed E-state index contributed by atoms with van der Waals surface area (Å²) < 4.78 is 0. The summed E-state index contributed by atoms with van der Waals surface area (Å²) in [6, 6.07) is 4.77. The van der Waals surface area contributed by atoms with Gasteiger partial charge in [0.05, 0.1) is 21.0 Å². The molecular formula is C13H13Cl2NO3. The summed E-state index contributed by atoms with van der Waals surface area (Å²) in [5, 5.41) is 12.3. The van der Waals surface area contributed by atoms with Crippen LogP contribution in [0.2, 0.25) is 10.0 Å². The van der Waals surface area contributed by atoms with Crippen molar-refractivity contribution in [2.75, 3.05) is 6.54 Å². The zero-order valence-electron chi connectivity index (χ0n) is 10.1. The number of carboxylic acid groups (broad SMARTS) is 1. The third-order valence-corrected chi connectivity index (χ3v) is 4.37. The molecule has 0 saturated heterocycles. The van der Waals surface area contributed by atoms with Crippen molar-refractivity contribution in [2.45, 2.75) is 19.3 Å². The first-order valence-electron chi connectivity index (χ1n) is 5.92. The lowest BCUT2D eigenvalue weighted by Crippen LogP contribution is -2.47. The van der Waals surface area contributed by atoms with Crippen LogP contribution in [0.1, 0.15) is 29.6 Å². The molecule has 0 heterocycles. The molecule has 1 aliphatic rings. The van der Waals surface area contributed by atoms with E-state index in [9.17, 15) is 9.59 Å². The summed E-state index contributed by atoms with van der Waals surface area (Å²) in [4.78, 5) is 23.2. The molecule has 2 rings (SSSR count). The van der Waals surface area contributed by atoms with Gasteiger partial charge in [-0.15, -0.1) is 0 Å². The fourth-order valence-corrected chi connectivity index (χ4v) is 2.48. The second-order valence-corrected chi connectivity index (χ2v) is 5.51. The average molecular weight is 302 g/mol. The molecule has 1 amide bonds. The van der Waals surface area contributed by atoms with Gasteiger partial charge >= 0.3 is 5.97 Å². The Labute approximate surface area is 120 Å². The number of amides is 1. The van der Waals surface area contributed by atoms with Crippen LogP contribution in [-0.4, -0.2) is 23.5 Å². The summed E-state index contributed by atoms with van der Waals surface area (Å²) in [6.07, 6.45) is 2.05. The molecule has 0 spiro atoms. The topological polar surface area (TPSA) is 66.4 Å². The van der Waals surface area contributed by atoms with Gasteiger partial charge in [0.2, 0.25) is 0 Å². The molecule has 0 atom stereocenters. The van der Waals surface area contributed by atoms with E-state index in [0.717, 1.165) is 6.42 Å². The fourth-order valence-electron chi connectivity index (χ4n) is 2.09. The second kappa shape index (κ2) is 5.39. The summed E-state index contributed by atoms with van der Waals surface area (Å²) in [6.45, 7) is 0.115. The lowest BCUT2D eigenvalue weighted by molar-refractivity contribution is -0.153. The van der Waals surface area contributed by atoms with Crippen LogP contribution < -0.4 is 5.32 Å². The number of hydrogen-bond donors (Lipinski definition) is 2. The van der Waals surface area contributed by atoms with Gasteiger partial charge in [-0.2, -0.15) is 0 Å². The smallest absolute Gasteiger partial charge is 0.311 e. The highest BCUT2D eigenvalue weighted by Crippen LogP contribution is 2.40. The summed E-state index contributed by atoms with van der Waals surface area (Å²) in [5.74, 6) is -1.27. The minimum absolute atomic E-state index is 0.115. The van der Waals surface area contributed by atoms with E-state index in [1.807, 2.05) is 0 Å². The first kappa shape index (κ1) is 14.2. The SMILES string of the molecule is O=C(NCC1(C(=O)O)CCC1)c1cccc(Cl)c1Cl. The van der Waals surface area contributed by atoms with Gasteiger partial charge in [0.1, 0.15) is 0 Å². The molecule has 6 heteroatoms. The molecular weight excluding hydrogens is 289 g/mol. The van der Waals surface area contributed by atoms with Gasteiger partial charge in [0, 0.05) is 6.54 Å². The van der Waals surface area contributed by atoms with Crippen molar-refractivity contribution in [1.29, 1.82) is 0 Å². The predicted molar refractivity (Wildman–Crippen MR) is 72.7 cm³/mol. The molecule has 2 N–H and O–H groups in total. The van der Waals surface area contributed by atoms with E-state index in [1.165, 1.54) is 0 Å². The van der Waals surface area contributed by atoms with Gasteiger partial charge in [-0.3, -0.25) is 9.59 Å². The van der Waals surface area contributed by atoms with E-state index >= 15 is 0 Å².